The van der Waals surface area contributed by atoms with Crippen LogP contribution >= 0.6 is 0 Å². The van der Waals surface area contributed by atoms with E-state index < -0.39 is 11.1 Å². The number of benzene rings is 1. The van der Waals surface area contributed by atoms with Crippen molar-refractivity contribution >= 4 is 34.6 Å². The Hall–Kier alpha value is -4.10. The number of hydrogen-bond acceptors (Lipinski definition) is 10. The van der Waals surface area contributed by atoms with Crippen molar-refractivity contribution < 1.29 is 19.4 Å². The van der Waals surface area contributed by atoms with E-state index in [1.165, 1.54) is 6.20 Å². The third-order valence-corrected chi connectivity index (χ3v) is 5.56. The highest BCUT2D eigenvalue weighted by atomic mass is 16.5. The van der Waals surface area contributed by atoms with Crippen LogP contribution in [-0.2, 0) is 16.1 Å². The molecule has 0 fully saturated rings. The molecule has 2 heterocycles. The monoisotopic (exact) mass is 526 g/mol. The molecular formula is C25H34N8O5. The fourth-order valence-corrected chi connectivity index (χ4v) is 3.54. The minimum absolute atomic E-state index is 0.0191. The molecule has 0 spiro atoms. The predicted octanol–water partition coefficient (Wildman–Crippen LogP) is 0.711. The van der Waals surface area contributed by atoms with E-state index in [0.29, 0.717) is 43.8 Å². The van der Waals surface area contributed by atoms with Gasteiger partial charge in [-0.15, -0.1) is 0 Å². The molecule has 13 nitrogen and oxygen atoms in total. The van der Waals surface area contributed by atoms with Gasteiger partial charge in [0.2, 0.25) is 11.9 Å². The Morgan fingerprint density at radius 1 is 1.16 bits per heavy atom. The number of aromatic amines is 1. The number of anilines is 2. The van der Waals surface area contributed by atoms with Gasteiger partial charge in [0.15, 0.2) is 11.2 Å². The third-order valence-electron chi connectivity index (χ3n) is 5.56. The van der Waals surface area contributed by atoms with Gasteiger partial charge in [-0.1, -0.05) is 0 Å². The van der Waals surface area contributed by atoms with Crippen LogP contribution in [0, 0.1) is 0 Å². The zero-order chi connectivity index (χ0) is 27.5. The number of amides is 2. The van der Waals surface area contributed by atoms with Crippen LogP contribution in [0.3, 0.4) is 0 Å². The average Bonchev–Trinajstić information content (AvgIpc) is 2.88. The van der Waals surface area contributed by atoms with E-state index in [2.05, 4.69) is 35.9 Å². The number of carbonyl (C=O) groups excluding carboxylic acids is 2. The molecule has 0 aliphatic rings. The number of carbonyl (C=O) groups is 2. The summed E-state index contributed by atoms with van der Waals surface area (Å²) in [4.78, 5) is 51.4. The topological polar surface area (TPSA) is 197 Å². The van der Waals surface area contributed by atoms with Gasteiger partial charge in [0.25, 0.3) is 11.5 Å². The van der Waals surface area contributed by atoms with Crippen molar-refractivity contribution in [2.75, 3.05) is 37.4 Å². The average molecular weight is 527 g/mol. The number of nitrogens with two attached hydrogens (primary N) is 1. The minimum atomic E-state index is -0.456. The second-order valence-corrected chi connectivity index (χ2v) is 9.29. The number of aromatic nitrogens is 4. The number of H-pyrrole nitrogens is 1. The van der Waals surface area contributed by atoms with Gasteiger partial charge in [-0.05, 0) is 51.0 Å². The first-order chi connectivity index (χ1) is 18.2. The third kappa shape index (κ3) is 8.78. The summed E-state index contributed by atoms with van der Waals surface area (Å²) in [6, 6.07) is 6.90. The van der Waals surface area contributed by atoms with Crippen LogP contribution in [0.1, 0.15) is 49.2 Å². The van der Waals surface area contributed by atoms with Crippen LogP contribution < -0.4 is 27.2 Å². The SMILES string of the molecule is CC(C)(CCOCCO)NC(=O)CCCNC(=O)c1ccc(NCc2cnc3nc(N)[nH]c(=O)c3n2)cc1. The lowest BCUT2D eigenvalue weighted by molar-refractivity contribution is -0.123. The van der Waals surface area contributed by atoms with Crippen LogP contribution in [0.25, 0.3) is 11.2 Å². The molecule has 0 saturated heterocycles. The highest BCUT2D eigenvalue weighted by molar-refractivity contribution is 5.94. The van der Waals surface area contributed by atoms with Crippen molar-refractivity contribution in [1.82, 2.24) is 30.6 Å². The molecule has 3 aromatic rings. The minimum Gasteiger partial charge on any atom is -0.394 e. The van der Waals surface area contributed by atoms with Crippen LogP contribution in [0.5, 0.6) is 0 Å². The molecule has 3 rings (SSSR count). The zero-order valence-corrected chi connectivity index (χ0v) is 21.5. The number of ether oxygens (including phenoxy) is 1. The second-order valence-electron chi connectivity index (χ2n) is 9.29. The fourth-order valence-electron chi connectivity index (χ4n) is 3.54. The lowest BCUT2D eigenvalue weighted by atomic mass is 10.0. The van der Waals surface area contributed by atoms with E-state index in [9.17, 15) is 14.4 Å². The molecule has 0 radical (unpaired) electrons. The van der Waals surface area contributed by atoms with E-state index in [-0.39, 0.29) is 48.6 Å². The first kappa shape index (κ1) is 28.5. The summed E-state index contributed by atoms with van der Waals surface area (Å²) in [6.45, 7) is 5.21. The first-order valence-electron chi connectivity index (χ1n) is 12.3. The van der Waals surface area contributed by atoms with Crippen molar-refractivity contribution in [2.45, 2.75) is 45.2 Å². The van der Waals surface area contributed by atoms with Crippen LogP contribution in [0.4, 0.5) is 11.6 Å². The van der Waals surface area contributed by atoms with E-state index in [0.717, 1.165) is 5.69 Å². The largest absolute Gasteiger partial charge is 0.394 e. The normalized spacial score (nSPS) is 11.3. The highest BCUT2D eigenvalue weighted by Crippen LogP contribution is 2.12. The molecule has 0 aliphatic carbocycles. The summed E-state index contributed by atoms with van der Waals surface area (Å²) in [5.74, 6) is -0.345. The van der Waals surface area contributed by atoms with Crippen molar-refractivity contribution in [1.29, 1.82) is 0 Å². The Morgan fingerprint density at radius 3 is 2.66 bits per heavy atom. The molecule has 38 heavy (non-hydrogen) atoms. The number of nitrogen functional groups attached to an aromatic ring is 1. The van der Waals surface area contributed by atoms with E-state index in [1.54, 1.807) is 24.3 Å². The molecule has 13 heteroatoms. The predicted molar refractivity (Wildman–Crippen MR) is 142 cm³/mol. The molecule has 204 valence electrons. The Morgan fingerprint density at radius 2 is 1.92 bits per heavy atom. The van der Waals surface area contributed by atoms with Gasteiger partial charge in [0.1, 0.15) is 0 Å². The van der Waals surface area contributed by atoms with Gasteiger partial charge in [0.05, 0.1) is 31.6 Å². The summed E-state index contributed by atoms with van der Waals surface area (Å²) >= 11 is 0. The van der Waals surface area contributed by atoms with Crippen LogP contribution in [0.2, 0.25) is 0 Å². The number of hydrogen-bond donors (Lipinski definition) is 6. The number of aliphatic hydroxyl groups excluding tert-OH is 1. The Kier molecular flexibility index (Phi) is 10.1. The van der Waals surface area contributed by atoms with Crippen molar-refractivity contribution in [3.05, 3.63) is 52.1 Å². The quantitative estimate of drug-likeness (QED) is 0.163. The smallest absolute Gasteiger partial charge is 0.280 e. The maximum Gasteiger partial charge on any atom is 0.280 e. The lowest BCUT2D eigenvalue weighted by Crippen LogP contribution is -2.44. The number of fused-ring (bicyclic) bond motifs is 1. The zero-order valence-electron chi connectivity index (χ0n) is 21.5. The van der Waals surface area contributed by atoms with Crippen molar-refractivity contribution in [3.8, 4) is 0 Å². The van der Waals surface area contributed by atoms with E-state index >= 15 is 0 Å². The maximum absolute atomic E-state index is 12.4. The lowest BCUT2D eigenvalue weighted by Gasteiger charge is -2.26. The summed E-state index contributed by atoms with van der Waals surface area (Å²) in [5.41, 5.74) is 6.71. The molecule has 0 saturated carbocycles. The molecule has 0 bridgehead atoms. The molecule has 0 atom stereocenters. The van der Waals surface area contributed by atoms with E-state index in [1.807, 2.05) is 13.8 Å². The standard InChI is InChI=1S/C25H34N8O5/c1-25(2,9-12-38-13-11-34)33-19(35)4-3-10-27-22(36)16-5-7-17(8-6-16)28-14-18-15-29-21-20(30-18)23(37)32-24(26)31-21/h5-8,15,28,34H,3-4,9-14H2,1-2H3,(H,27,36)(H,33,35)(H3,26,29,31,32,37). The maximum atomic E-state index is 12.4. The van der Waals surface area contributed by atoms with Gasteiger partial charge in [-0.25, -0.2) is 9.97 Å². The highest BCUT2D eigenvalue weighted by Gasteiger charge is 2.20. The summed E-state index contributed by atoms with van der Waals surface area (Å²) < 4.78 is 5.25. The van der Waals surface area contributed by atoms with Crippen LogP contribution in [-0.4, -0.2) is 68.8 Å². The Balaban J connectivity index is 1.39. The van der Waals surface area contributed by atoms with E-state index in [4.69, 9.17) is 15.6 Å². The van der Waals surface area contributed by atoms with Crippen LogP contribution in [0.15, 0.2) is 35.3 Å². The molecule has 7 N–H and O–H groups in total. The van der Waals surface area contributed by atoms with Gasteiger partial charge in [-0.3, -0.25) is 19.4 Å². The Labute approximate surface area is 219 Å². The summed E-state index contributed by atoms with van der Waals surface area (Å²) in [6.07, 6.45) is 2.93. The Bertz CT molecular complexity index is 1290. The molecule has 1 aromatic carbocycles. The van der Waals surface area contributed by atoms with Crippen molar-refractivity contribution in [3.63, 3.8) is 0 Å². The molecular weight excluding hydrogens is 492 g/mol. The fraction of sp³-hybridized carbons (Fsp3) is 0.440. The first-order valence-corrected chi connectivity index (χ1v) is 12.3. The number of nitrogens with zero attached hydrogens (tertiary/aromatic N) is 3. The van der Waals surface area contributed by atoms with Gasteiger partial charge in [0, 0.05) is 36.4 Å². The summed E-state index contributed by atoms with van der Waals surface area (Å²) in [5, 5.41) is 17.7. The second kappa shape index (κ2) is 13.4. The molecule has 0 aliphatic heterocycles. The molecule has 0 unspecified atom stereocenters. The molecule has 2 aromatic heterocycles. The van der Waals surface area contributed by atoms with Gasteiger partial charge < -0.3 is 31.5 Å². The number of aliphatic hydroxyl groups is 1. The van der Waals surface area contributed by atoms with Gasteiger partial charge in [-0.2, -0.15) is 4.98 Å². The number of nitrogens with one attached hydrogen (secondary N) is 4. The number of rotatable bonds is 14. The van der Waals surface area contributed by atoms with Gasteiger partial charge >= 0.3 is 0 Å². The molecule has 2 amide bonds. The summed E-state index contributed by atoms with van der Waals surface area (Å²) in [7, 11) is 0. The van der Waals surface area contributed by atoms with Crippen molar-refractivity contribution in [2.24, 2.45) is 0 Å².